The molecule has 0 spiro atoms. The number of fused-ring (bicyclic) bond motifs is 1. The number of para-hydroxylation sites is 1. The first kappa shape index (κ1) is 18.7. The molecular formula is C19H18FN3O4S. The molecule has 0 atom stereocenters. The van der Waals surface area contributed by atoms with Gasteiger partial charge in [0.15, 0.2) is 0 Å². The maximum atomic E-state index is 13.1. The molecule has 0 radical (unpaired) electrons. The number of piperazine rings is 1. The molecule has 28 heavy (non-hydrogen) atoms. The fraction of sp³-hybridized carbons (Fsp3) is 0.263. The van der Waals surface area contributed by atoms with E-state index in [0.717, 1.165) is 12.1 Å². The van der Waals surface area contributed by atoms with Crippen LogP contribution < -0.4 is 4.90 Å². The van der Waals surface area contributed by atoms with Crippen LogP contribution in [0.15, 0.2) is 53.4 Å². The van der Waals surface area contributed by atoms with Crippen molar-refractivity contribution in [3.8, 4) is 0 Å². The zero-order valence-corrected chi connectivity index (χ0v) is 15.7. The first-order valence-electron chi connectivity index (χ1n) is 8.81. The molecule has 1 amide bonds. The van der Waals surface area contributed by atoms with Crippen LogP contribution in [0.3, 0.4) is 0 Å². The van der Waals surface area contributed by atoms with E-state index in [0.29, 0.717) is 24.3 Å². The van der Waals surface area contributed by atoms with Crippen molar-refractivity contribution in [1.82, 2.24) is 9.21 Å². The Morgan fingerprint density at radius 1 is 0.893 bits per heavy atom. The molecule has 2 aliphatic rings. The smallest absolute Gasteiger partial charge is 0.291 e. The molecule has 0 aliphatic carbocycles. The molecule has 146 valence electrons. The first-order chi connectivity index (χ1) is 13.4. The Morgan fingerprint density at radius 2 is 1.54 bits per heavy atom. The Kier molecular flexibility index (Phi) is 4.74. The Labute approximate surface area is 162 Å². The Balaban J connectivity index is 1.43. The lowest BCUT2D eigenvalue weighted by Gasteiger charge is -2.35. The normalized spacial score (nSPS) is 18.5. The number of hydrogen-bond acceptors (Lipinski definition) is 5. The molecule has 2 aliphatic heterocycles. The van der Waals surface area contributed by atoms with Gasteiger partial charge >= 0.3 is 5.91 Å². The predicted molar refractivity (Wildman–Crippen MR) is 99.9 cm³/mol. The van der Waals surface area contributed by atoms with Crippen LogP contribution in [0.2, 0.25) is 0 Å². The lowest BCUT2D eigenvalue weighted by Crippen LogP contribution is -2.52. The van der Waals surface area contributed by atoms with Crippen LogP contribution in [-0.2, 0) is 14.8 Å². The number of carbonyl (C=O) groups excluding carboxylic acids is 2. The van der Waals surface area contributed by atoms with E-state index in [2.05, 4.69) is 0 Å². The Hall–Kier alpha value is -2.62. The summed E-state index contributed by atoms with van der Waals surface area (Å²) in [4.78, 5) is 27.8. The highest BCUT2D eigenvalue weighted by Crippen LogP contribution is 2.29. The summed E-state index contributed by atoms with van der Waals surface area (Å²) in [5.74, 6) is -1.58. The van der Waals surface area contributed by atoms with Gasteiger partial charge in [0.2, 0.25) is 10.0 Å². The minimum absolute atomic E-state index is 0.0524. The fourth-order valence-electron chi connectivity index (χ4n) is 3.46. The second-order valence-electron chi connectivity index (χ2n) is 6.70. The fourth-order valence-corrected chi connectivity index (χ4v) is 4.88. The van der Waals surface area contributed by atoms with Crippen LogP contribution in [0, 0.1) is 5.82 Å². The average molecular weight is 403 g/mol. The number of rotatable bonds is 4. The van der Waals surface area contributed by atoms with E-state index in [1.165, 1.54) is 21.3 Å². The summed E-state index contributed by atoms with van der Waals surface area (Å²) in [6.45, 7) is 1.56. The molecule has 9 heteroatoms. The molecule has 7 nitrogen and oxygen atoms in total. The SMILES string of the molecule is O=C1C(=O)N(CN2CCN(S(=O)(=O)c3ccc(F)cc3)CC2)c2ccccc21. The number of carbonyl (C=O) groups is 2. The summed E-state index contributed by atoms with van der Waals surface area (Å²) in [6.07, 6.45) is 0. The van der Waals surface area contributed by atoms with E-state index >= 15 is 0 Å². The summed E-state index contributed by atoms with van der Waals surface area (Å²) in [5.41, 5.74) is 0.976. The number of nitrogens with zero attached hydrogens (tertiary/aromatic N) is 3. The van der Waals surface area contributed by atoms with Gasteiger partial charge in [-0.1, -0.05) is 12.1 Å². The second kappa shape index (κ2) is 7.08. The zero-order valence-electron chi connectivity index (χ0n) is 14.9. The van der Waals surface area contributed by atoms with Crippen molar-refractivity contribution in [2.75, 3.05) is 37.7 Å². The van der Waals surface area contributed by atoms with E-state index in [-0.39, 0.29) is 24.7 Å². The molecule has 4 rings (SSSR count). The number of anilines is 1. The van der Waals surface area contributed by atoms with Crippen molar-refractivity contribution in [3.05, 3.63) is 59.9 Å². The monoisotopic (exact) mass is 403 g/mol. The van der Waals surface area contributed by atoms with Gasteiger partial charge in [-0.15, -0.1) is 0 Å². The lowest BCUT2D eigenvalue weighted by atomic mass is 10.1. The number of amides is 1. The third-order valence-electron chi connectivity index (χ3n) is 5.00. The summed E-state index contributed by atoms with van der Waals surface area (Å²) < 4.78 is 39.8. The van der Waals surface area contributed by atoms with Crippen LogP contribution in [0.4, 0.5) is 10.1 Å². The number of ketones is 1. The molecule has 1 saturated heterocycles. The summed E-state index contributed by atoms with van der Waals surface area (Å²) >= 11 is 0. The summed E-state index contributed by atoms with van der Waals surface area (Å²) in [5, 5.41) is 0. The predicted octanol–water partition coefficient (Wildman–Crippen LogP) is 1.32. The number of Topliss-reactive ketones (excluding diaryl/α,β-unsaturated/α-hetero) is 1. The van der Waals surface area contributed by atoms with Crippen LogP contribution in [-0.4, -0.2) is 62.2 Å². The van der Waals surface area contributed by atoms with Crippen LogP contribution >= 0.6 is 0 Å². The minimum atomic E-state index is -3.69. The average Bonchev–Trinajstić information content (AvgIpc) is 2.94. The van der Waals surface area contributed by atoms with Gasteiger partial charge in [0.05, 0.1) is 22.8 Å². The van der Waals surface area contributed by atoms with Gasteiger partial charge in [-0.3, -0.25) is 19.4 Å². The molecule has 1 fully saturated rings. The van der Waals surface area contributed by atoms with Crippen molar-refractivity contribution in [1.29, 1.82) is 0 Å². The van der Waals surface area contributed by atoms with Crippen LogP contribution in [0.1, 0.15) is 10.4 Å². The Bertz CT molecular complexity index is 1030. The molecule has 0 N–H and O–H groups in total. The lowest BCUT2D eigenvalue weighted by molar-refractivity contribution is -0.114. The minimum Gasteiger partial charge on any atom is -0.291 e. The van der Waals surface area contributed by atoms with Crippen LogP contribution in [0.25, 0.3) is 0 Å². The molecule has 2 aromatic rings. The highest BCUT2D eigenvalue weighted by Gasteiger charge is 2.37. The van der Waals surface area contributed by atoms with Gasteiger partial charge in [0.1, 0.15) is 5.82 Å². The molecule has 0 saturated carbocycles. The topological polar surface area (TPSA) is 78.0 Å². The van der Waals surface area contributed by atoms with Crippen LogP contribution in [0.5, 0.6) is 0 Å². The van der Waals surface area contributed by atoms with Gasteiger partial charge in [0, 0.05) is 26.2 Å². The molecule has 2 aromatic carbocycles. The first-order valence-corrected chi connectivity index (χ1v) is 10.3. The van der Waals surface area contributed by atoms with E-state index in [1.54, 1.807) is 24.3 Å². The van der Waals surface area contributed by atoms with Crippen molar-refractivity contribution in [2.24, 2.45) is 0 Å². The maximum Gasteiger partial charge on any atom is 0.300 e. The highest BCUT2D eigenvalue weighted by atomic mass is 32.2. The quantitative estimate of drug-likeness (QED) is 0.720. The van der Waals surface area contributed by atoms with E-state index < -0.39 is 27.5 Å². The summed E-state index contributed by atoms with van der Waals surface area (Å²) in [6, 6.07) is 11.6. The molecule has 0 aromatic heterocycles. The number of benzene rings is 2. The van der Waals surface area contributed by atoms with Gasteiger partial charge in [-0.25, -0.2) is 12.8 Å². The summed E-state index contributed by atoms with van der Waals surface area (Å²) in [7, 11) is -3.69. The third-order valence-corrected chi connectivity index (χ3v) is 6.92. The number of hydrogen-bond donors (Lipinski definition) is 0. The molecular weight excluding hydrogens is 385 g/mol. The van der Waals surface area contributed by atoms with Gasteiger partial charge in [-0.2, -0.15) is 4.31 Å². The largest absolute Gasteiger partial charge is 0.300 e. The number of halogens is 1. The number of sulfonamides is 1. The van der Waals surface area contributed by atoms with E-state index in [4.69, 9.17) is 0 Å². The zero-order chi connectivity index (χ0) is 19.9. The van der Waals surface area contributed by atoms with Crippen molar-refractivity contribution < 1.29 is 22.4 Å². The molecule has 0 unspecified atom stereocenters. The molecule has 2 heterocycles. The van der Waals surface area contributed by atoms with Crippen molar-refractivity contribution >= 4 is 27.4 Å². The van der Waals surface area contributed by atoms with E-state index in [1.807, 2.05) is 4.90 Å². The second-order valence-corrected chi connectivity index (χ2v) is 8.63. The van der Waals surface area contributed by atoms with Gasteiger partial charge in [-0.05, 0) is 36.4 Å². The van der Waals surface area contributed by atoms with E-state index in [9.17, 15) is 22.4 Å². The third kappa shape index (κ3) is 3.21. The standard InChI is InChI=1S/C19H18FN3O4S/c20-14-5-7-15(8-6-14)28(26,27)22-11-9-21(10-12-22)13-23-17-4-2-1-3-16(17)18(24)19(23)25/h1-8H,9-13H2. The maximum absolute atomic E-state index is 13.1. The van der Waals surface area contributed by atoms with Crippen molar-refractivity contribution in [3.63, 3.8) is 0 Å². The van der Waals surface area contributed by atoms with Crippen molar-refractivity contribution in [2.45, 2.75) is 4.90 Å². The Morgan fingerprint density at radius 3 is 2.21 bits per heavy atom. The van der Waals surface area contributed by atoms with Gasteiger partial charge < -0.3 is 0 Å². The molecule has 0 bridgehead atoms. The highest BCUT2D eigenvalue weighted by molar-refractivity contribution is 7.89. The van der Waals surface area contributed by atoms with Gasteiger partial charge in [0.25, 0.3) is 5.78 Å².